The second-order valence-corrected chi connectivity index (χ2v) is 3.94. The average molecular weight is 265 g/mol. The highest BCUT2D eigenvalue weighted by Crippen LogP contribution is 2.19. The number of aryl methyl sites for hydroxylation is 1. The van der Waals surface area contributed by atoms with E-state index >= 15 is 0 Å². The first-order chi connectivity index (χ1) is 8.93. The highest BCUT2D eigenvalue weighted by Gasteiger charge is 2.12. The van der Waals surface area contributed by atoms with Crippen LogP contribution in [0.3, 0.4) is 0 Å². The van der Waals surface area contributed by atoms with Crippen LogP contribution in [0.4, 0.5) is 4.79 Å². The fraction of sp³-hybridized carbons (Fsp3) is 0.308. The number of nitrogens with two attached hydrogens (primary N) is 1. The average Bonchev–Trinajstić information content (AvgIpc) is 2.36. The number of amides is 1. The SMILES string of the molecule is COC(=O)Oc1ccc(CCC(C)=O)c(C(N)=O)c1. The van der Waals surface area contributed by atoms with Crippen LogP contribution in [0.15, 0.2) is 18.2 Å². The van der Waals surface area contributed by atoms with Gasteiger partial charge in [-0.3, -0.25) is 4.79 Å². The van der Waals surface area contributed by atoms with Crippen molar-refractivity contribution in [3.05, 3.63) is 29.3 Å². The Kier molecular flexibility index (Phi) is 5.05. The first-order valence-electron chi connectivity index (χ1n) is 5.62. The number of carbonyl (C=O) groups is 3. The van der Waals surface area contributed by atoms with Crippen LogP contribution < -0.4 is 10.5 Å². The van der Waals surface area contributed by atoms with E-state index in [9.17, 15) is 14.4 Å². The summed E-state index contributed by atoms with van der Waals surface area (Å²) < 4.78 is 9.14. The standard InChI is InChI=1S/C13H15NO5/c1-8(15)3-4-9-5-6-10(19-13(17)18-2)7-11(9)12(14)16/h5-7H,3-4H2,1-2H3,(H2,14,16). The fourth-order valence-corrected chi connectivity index (χ4v) is 1.52. The molecule has 1 aromatic carbocycles. The number of hydrogen-bond acceptors (Lipinski definition) is 5. The van der Waals surface area contributed by atoms with Gasteiger partial charge < -0.3 is 20.0 Å². The highest BCUT2D eigenvalue weighted by molar-refractivity contribution is 5.95. The van der Waals surface area contributed by atoms with Crippen molar-refractivity contribution in [2.24, 2.45) is 5.73 Å². The number of carbonyl (C=O) groups excluding carboxylic acids is 3. The summed E-state index contributed by atoms with van der Waals surface area (Å²) in [5, 5.41) is 0. The Bertz CT molecular complexity index is 510. The molecule has 19 heavy (non-hydrogen) atoms. The second-order valence-electron chi connectivity index (χ2n) is 3.94. The molecule has 0 spiro atoms. The van der Waals surface area contributed by atoms with Crippen LogP contribution >= 0.6 is 0 Å². The summed E-state index contributed by atoms with van der Waals surface area (Å²) in [6.07, 6.45) is -0.157. The maximum atomic E-state index is 11.3. The summed E-state index contributed by atoms with van der Waals surface area (Å²) in [4.78, 5) is 33.2. The molecular formula is C13H15NO5. The number of benzene rings is 1. The molecule has 0 aliphatic rings. The van der Waals surface area contributed by atoms with Crippen LogP contribution in [0.5, 0.6) is 5.75 Å². The summed E-state index contributed by atoms with van der Waals surface area (Å²) in [7, 11) is 1.18. The summed E-state index contributed by atoms with van der Waals surface area (Å²) in [6.45, 7) is 1.47. The van der Waals surface area contributed by atoms with Gasteiger partial charge >= 0.3 is 6.16 Å². The van der Waals surface area contributed by atoms with Crippen LogP contribution in [-0.2, 0) is 16.0 Å². The number of primary amides is 1. The van der Waals surface area contributed by atoms with Gasteiger partial charge in [0.05, 0.1) is 7.11 Å². The van der Waals surface area contributed by atoms with Gasteiger partial charge in [-0.2, -0.15) is 0 Å². The van der Waals surface area contributed by atoms with Crippen molar-refractivity contribution >= 4 is 17.8 Å². The van der Waals surface area contributed by atoms with Gasteiger partial charge in [-0.25, -0.2) is 4.79 Å². The van der Waals surface area contributed by atoms with Crippen molar-refractivity contribution in [1.82, 2.24) is 0 Å². The first-order valence-corrected chi connectivity index (χ1v) is 5.62. The number of rotatable bonds is 5. The molecule has 6 heteroatoms. The lowest BCUT2D eigenvalue weighted by atomic mass is 10.0. The van der Waals surface area contributed by atoms with Gasteiger partial charge in [-0.1, -0.05) is 6.07 Å². The maximum absolute atomic E-state index is 11.3. The topological polar surface area (TPSA) is 95.7 Å². The van der Waals surface area contributed by atoms with Crippen LogP contribution in [-0.4, -0.2) is 25.0 Å². The van der Waals surface area contributed by atoms with Crippen LogP contribution in [0.2, 0.25) is 0 Å². The minimum atomic E-state index is -0.882. The first kappa shape index (κ1) is 14.7. The molecule has 0 saturated carbocycles. The molecule has 2 N–H and O–H groups in total. The summed E-state index contributed by atoms with van der Waals surface area (Å²) in [5.41, 5.74) is 6.12. The lowest BCUT2D eigenvalue weighted by Crippen LogP contribution is -2.15. The van der Waals surface area contributed by atoms with Crippen molar-refractivity contribution in [2.45, 2.75) is 19.8 Å². The normalized spacial score (nSPS) is 9.79. The Morgan fingerprint density at radius 3 is 2.47 bits per heavy atom. The zero-order valence-corrected chi connectivity index (χ0v) is 10.8. The minimum absolute atomic E-state index is 0.0188. The van der Waals surface area contributed by atoms with E-state index in [4.69, 9.17) is 10.5 Å². The van der Waals surface area contributed by atoms with E-state index in [1.54, 1.807) is 6.07 Å². The van der Waals surface area contributed by atoms with E-state index in [0.29, 0.717) is 18.4 Å². The van der Waals surface area contributed by atoms with Gasteiger partial charge in [0.25, 0.3) is 0 Å². The number of methoxy groups -OCH3 is 1. The smallest absolute Gasteiger partial charge is 0.437 e. The maximum Gasteiger partial charge on any atom is 0.513 e. The van der Waals surface area contributed by atoms with Gasteiger partial charge in [0.1, 0.15) is 11.5 Å². The molecule has 0 bridgehead atoms. The van der Waals surface area contributed by atoms with E-state index in [0.717, 1.165) is 0 Å². The molecule has 0 unspecified atom stereocenters. The third kappa shape index (κ3) is 4.42. The molecule has 102 valence electrons. The van der Waals surface area contributed by atoms with Crippen LogP contribution in [0.1, 0.15) is 29.3 Å². The quantitative estimate of drug-likeness (QED) is 0.642. The van der Waals surface area contributed by atoms with Gasteiger partial charge in [0.15, 0.2) is 0 Å². The highest BCUT2D eigenvalue weighted by atomic mass is 16.7. The molecule has 1 aromatic rings. The monoisotopic (exact) mass is 265 g/mol. The predicted octanol–water partition coefficient (Wildman–Crippen LogP) is 1.45. The van der Waals surface area contributed by atoms with Crippen LogP contribution in [0.25, 0.3) is 0 Å². The third-order valence-corrected chi connectivity index (χ3v) is 2.46. The molecule has 0 aromatic heterocycles. The number of Topliss-reactive ketones (excluding diaryl/α,β-unsaturated/α-hetero) is 1. The zero-order chi connectivity index (χ0) is 14.4. The van der Waals surface area contributed by atoms with E-state index in [2.05, 4.69) is 4.74 Å². The summed E-state index contributed by atoms with van der Waals surface area (Å²) in [6, 6.07) is 4.47. The van der Waals surface area contributed by atoms with Gasteiger partial charge in [-0.15, -0.1) is 0 Å². The number of ketones is 1. The van der Waals surface area contributed by atoms with Gasteiger partial charge in [0.2, 0.25) is 5.91 Å². The van der Waals surface area contributed by atoms with E-state index in [1.165, 1.54) is 26.2 Å². The van der Waals surface area contributed by atoms with Crippen molar-refractivity contribution in [2.75, 3.05) is 7.11 Å². The van der Waals surface area contributed by atoms with Gasteiger partial charge in [-0.05, 0) is 31.0 Å². The van der Waals surface area contributed by atoms with Crippen molar-refractivity contribution in [1.29, 1.82) is 0 Å². The van der Waals surface area contributed by atoms with Crippen molar-refractivity contribution in [3.8, 4) is 5.75 Å². The lowest BCUT2D eigenvalue weighted by Gasteiger charge is -2.08. The molecule has 0 heterocycles. The Labute approximate surface area is 110 Å². The lowest BCUT2D eigenvalue weighted by molar-refractivity contribution is -0.116. The van der Waals surface area contributed by atoms with Crippen LogP contribution in [0, 0.1) is 0 Å². The minimum Gasteiger partial charge on any atom is -0.437 e. The second kappa shape index (κ2) is 6.53. The zero-order valence-electron chi connectivity index (χ0n) is 10.8. The van der Waals surface area contributed by atoms with Gasteiger partial charge in [0, 0.05) is 12.0 Å². The van der Waals surface area contributed by atoms with E-state index in [-0.39, 0.29) is 17.1 Å². The molecule has 0 fully saturated rings. The largest absolute Gasteiger partial charge is 0.513 e. The van der Waals surface area contributed by atoms with Crippen molar-refractivity contribution in [3.63, 3.8) is 0 Å². The number of ether oxygens (including phenoxy) is 2. The van der Waals surface area contributed by atoms with Crippen molar-refractivity contribution < 1.29 is 23.9 Å². The Balaban J connectivity index is 2.97. The molecule has 0 aliphatic heterocycles. The Morgan fingerprint density at radius 1 is 1.26 bits per heavy atom. The third-order valence-electron chi connectivity index (χ3n) is 2.46. The molecule has 0 atom stereocenters. The Hall–Kier alpha value is -2.37. The molecule has 0 aliphatic carbocycles. The summed E-state index contributed by atoms with van der Waals surface area (Å²) in [5.74, 6) is -0.466. The molecule has 6 nitrogen and oxygen atoms in total. The van der Waals surface area contributed by atoms with E-state index in [1.807, 2.05) is 0 Å². The molecule has 0 radical (unpaired) electrons. The number of hydrogen-bond donors (Lipinski definition) is 1. The molecule has 1 rings (SSSR count). The fourth-order valence-electron chi connectivity index (χ4n) is 1.52. The predicted molar refractivity (Wildman–Crippen MR) is 67.0 cm³/mol. The molecular weight excluding hydrogens is 250 g/mol. The Morgan fingerprint density at radius 2 is 1.95 bits per heavy atom. The molecule has 0 saturated heterocycles. The molecule has 1 amide bonds. The summed E-state index contributed by atoms with van der Waals surface area (Å²) >= 11 is 0. The van der Waals surface area contributed by atoms with E-state index < -0.39 is 12.1 Å².